The van der Waals surface area contributed by atoms with E-state index < -0.39 is 16.8 Å². The summed E-state index contributed by atoms with van der Waals surface area (Å²) in [5, 5.41) is 9.23. The molecule has 0 saturated carbocycles. The molecule has 0 atom stereocenters. The quantitative estimate of drug-likeness (QED) is 0.818. The number of alkyl halides is 2. The van der Waals surface area contributed by atoms with Crippen LogP contribution >= 0.6 is 22.9 Å². The SMILES string of the molecule is O=C(O)C(F)(F)c1sccc1Cl. The van der Waals surface area contributed by atoms with Crippen molar-refractivity contribution >= 4 is 28.9 Å². The van der Waals surface area contributed by atoms with Crippen LogP contribution in [0.1, 0.15) is 4.88 Å². The third-order valence-corrected chi connectivity index (χ3v) is 2.58. The minimum absolute atomic E-state index is 0.215. The number of thiophene rings is 1. The van der Waals surface area contributed by atoms with Crippen molar-refractivity contribution in [3.05, 3.63) is 21.3 Å². The number of carboxylic acid groups (broad SMARTS) is 1. The molecule has 0 fully saturated rings. The van der Waals surface area contributed by atoms with Gasteiger partial charge in [0.25, 0.3) is 0 Å². The van der Waals surface area contributed by atoms with E-state index in [0.29, 0.717) is 11.3 Å². The van der Waals surface area contributed by atoms with Gasteiger partial charge in [-0.1, -0.05) is 11.6 Å². The van der Waals surface area contributed by atoms with Gasteiger partial charge in [-0.15, -0.1) is 11.3 Å². The molecule has 1 heterocycles. The third-order valence-electron chi connectivity index (χ3n) is 1.17. The van der Waals surface area contributed by atoms with Gasteiger partial charge in [0.1, 0.15) is 4.88 Å². The fourth-order valence-corrected chi connectivity index (χ4v) is 1.76. The molecule has 2 nitrogen and oxygen atoms in total. The van der Waals surface area contributed by atoms with Gasteiger partial charge < -0.3 is 5.11 Å². The number of carbonyl (C=O) groups is 1. The van der Waals surface area contributed by atoms with E-state index in [9.17, 15) is 13.6 Å². The standard InChI is InChI=1S/C6H3ClF2O2S/c7-3-1-2-12-4(3)6(8,9)5(10)11/h1-2H,(H,10,11). The van der Waals surface area contributed by atoms with Gasteiger partial charge in [-0.25, -0.2) is 4.79 Å². The second-order valence-electron chi connectivity index (χ2n) is 1.98. The Kier molecular flexibility index (Phi) is 2.34. The van der Waals surface area contributed by atoms with E-state index in [2.05, 4.69) is 0 Å². The van der Waals surface area contributed by atoms with Crippen molar-refractivity contribution < 1.29 is 18.7 Å². The number of hydrogen-bond donors (Lipinski definition) is 1. The highest BCUT2D eigenvalue weighted by molar-refractivity contribution is 7.10. The Morgan fingerprint density at radius 3 is 2.58 bits per heavy atom. The lowest BCUT2D eigenvalue weighted by Crippen LogP contribution is -2.24. The molecule has 0 aliphatic carbocycles. The lowest BCUT2D eigenvalue weighted by molar-refractivity contribution is -0.165. The maximum atomic E-state index is 12.7. The van der Waals surface area contributed by atoms with Crippen LogP contribution in [0.5, 0.6) is 0 Å². The van der Waals surface area contributed by atoms with Gasteiger partial charge in [0.2, 0.25) is 0 Å². The van der Waals surface area contributed by atoms with Crippen molar-refractivity contribution in [3.8, 4) is 0 Å². The highest BCUT2D eigenvalue weighted by Crippen LogP contribution is 2.37. The van der Waals surface area contributed by atoms with Gasteiger partial charge in [0.05, 0.1) is 5.02 Å². The minimum atomic E-state index is -3.88. The molecule has 0 aliphatic rings. The zero-order valence-electron chi connectivity index (χ0n) is 5.55. The monoisotopic (exact) mass is 212 g/mol. The normalized spacial score (nSPS) is 11.6. The molecule has 0 unspecified atom stereocenters. The first-order valence-corrected chi connectivity index (χ1v) is 4.06. The van der Waals surface area contributed by atoms with Crippen LogP contribution in [0.15, 0.2) is 11.4 Å². The molecule has 0 aromatic carbocycles. The molecular weight excluding hydrogens is 210 g/mol. The average molecular weight is 213 g/mol. The molecular formula is C6H3ClF2O2S. The summed E-state index contributed by atoms with van der Waals surface area (Å²) >= 11 is 5.96. The fourth-order valence-electron chi connectivity index (χ4n) is 0.615. The summed E-state index contributed by atoms with van der Waals surface area (Å²) < 4.78 is 25.4. The van der Waals surface area contributed by atoms with Gasteiger partial charge in [-0.2, -0.15) is 8.78 Å². The molecule has 1 rings (SSSR count). The second-order valence-corrected chi connectivity index (χ2v) is 3.30. The van der Waals surface area contributed by atoms with Crippen LogP contribution in [-0.4, -0.2) is 11.1 Å². The lowest BCUT2D eigenvalue weighted by atomic mass is 10.3. The Labute approximate surface area is 75.4 Å². The first kappa shape index (κ1) is 9.41. The molecule has 0 aliphatic heterocycles. The smallest absolute Gasteiger partial charge is 0.380 e. The molecule has 1 aromatic heterocycles. The molecule has 1 N–H and O–H groups in total. The first-order valence-electron chi connectivity index (χ1n) is 2.81. The molecule has 0 radical (unpaired) electrons. The lowest BCUT2D eigenvalue weighted by Gasteiger charge is -2.08. The summed E-state index contributed by atoms with van der Waals surface area (Å²) in [7, 11) is 0. The van der Waals surface area contributed by atoms with Crippen molar-refractivity contribution in [1.29, 1.82) is 0 Å². The van der Waals surface area contributed by atoms with Gasteiger partial charge in [0.15, 0.2) is 0 Å². The summed E-state index contributed by atoms with van der Waals surface area (Å²) in [5.74, 6) is -6.07. The van der Waals surface area contributed by atoms with Crippen LogP contribution < -0.4 is 0 Å². The van der Waals surface area contributed by atoms with E-state index in [-0.39, 0.29) is 5.02 Å². The number of halogens is 3. The van der Waals surface area contributed by atoms with Gasteiger partial charge in [-0.3, -0.25) is 0 Å². The van der Waals surface area contributed by atoms with Crippen LogP contribution in [-0.2, 0) is 10.7 Å². The van der Waals surface area contributed by atoms with E-state index in [0.717, 1.165) is 0 Å². The van der Waals surface area contributed by atoms with E-state index in [1.54, 1.807) is 0 Å². The number of aliphatic carboxylic acids is 1. The first-order chi connectivity index (χ1) is 5.46. The van der Waals surface area contributed by atoms with Gasteiger partial charge in [-0.05, 0) is 11.4 Å². The molecule has 0 bridgehead atoms. The largest absolute Gasteiger partial charge is 0.477 e. The van der Waals surface area contributed by atoms with Gasteiger partial charge in [0, 0.05) is 0 Å². The predicted molar refractivity (Wildman–Crippen MR) is 40.9 cm³/mol. The maximum Gasteiger partial charge on any atom is 0.380 e. The van der Waals surface area contributed by atoms with Crippen molar-refractivity contribution in [2.75, 3.05) is 0 Å². The molecule has 0 amide bonds. The average Bonchev–Trinajstić information content (AvgIpc) is 2.35. The van der Waals surface area contributed by atoms with Crippen LogP contribution in [0.25, 0.3) is 0 Å². The Hall–Kier alpha value is -0.680. The summed E-state index contributed by atoms with van der Waals surface area (Å²) in [6.45, 7) is 0. The Morgan fingerprint density at radius 2 is 2.25 bits per heavy atom. The molecule has 66 valence electrons. The zero-order valence-corrected chi connectivity index (χ0v) is 7.12. The summed E-state index contributed by atoms with van der Waals surface area (Å²) in [6.07, 6.45) is 0. The van der Waals surface area contributed by atoms with Crippen molar-refractivity contribution in [3.63, 3.8) is 0 Å². The zero-order chi connectivity index (χ0) is 9.35. The Balaban J connectivity index is 3.13. The van der Waals surface area contributed by atoms with Crippen LogP contribution in [0, 0.1) is 0 Å². The van der Waals surface area contributed by atoms with E-state index in [4.69, 9.17) is 16.7 Å². The molecule has 0 spiro atoms. The predicted octanol–water partition coefficient (Wildman–Crippen LogP) is 2.58. The van der Waals surface area contributed by atoms with E-state index in [1.165, 1.54) is 11.4 Å². The van der Waals surface area contributed by atoms with Gasteiger partial charge >= 0.3 is 11.9 Å². The topological polar surface area (TPSA) is 37.3 Å². The third kappa shape index (κ3) is 1.42. The highest BCUT2D eigenvalue weighted by atomic mass is 35.5. The van der Waals surface area contributed by atoms with Crippen molar-refractivity contribution in [1.82, 2.24) is 0 Å². The van der Waals surface area contributed by atoms with E-state index >= 15 is 0 Å². The molecule has 6 heteroatoms. The van der Waals surface area contributed by atoms with Crippen LogP contribution in [0.4, 0.5) is 8.78 Å². The van der Waals surface area contributed by atoms with Crippen LogP contribution in [0.2, 0.25) is 5.02 Å². The maximum absolute atomic E-state index is 12.7. The number of hydrogen-bond acceptors (Lipinski definition) is 2. The molecule has 0 saturated heterocycles. The second kappa shape index (κ2) is 2.99. The fraction of sp³-hybridized carbons (Fsp3) is 0.167. The minimum Gasteiger partial charge on any atom is -0.477 e. The number of rotatable bonds is 2. The summed E-state index contributed by atoms with van der Waals surface area (Å²) in [5.41, 5.74) is 0. The molecule has 12 heavy (non-hydrogen) atoms. The highest BCUT2D eigenvalue weighted by Gasteiger charge is 2.43. The number of carboxylic acids is 1. The molecule has 1 aromatic rings. The van der Waals surface area contributed by atoms with Crippen LogP contribution in [0.3, 0.4) is 0 Å². The Morgan fingerprint density at radius 1 is 1.67 bits per heavy atom. The Bertz CT molecular complexity index is 310. The van der Waals surface area contributed by atoms with Crippen molar-refractivity contribution in [2.45, 2.75) is 5.92 Å². The summed E-state index contributed by atoms with van der Waals surface area (Å²) in [6, 6.07) is 1.23. The van der Waals surface area contributed by atoms with Crippen molar-refractivity contribution in [2.24, 2.45) is 0 Å². The van der Waals surface area contributed by atoms with E-state index in [1.807, 2.05) is 0 Å². The summed E-state index contributed by atoms with van der Waals surface area (Å²) in [4.78, 5) is 9.44.